The van der Waals surface area contributed by atoms with Crippen molar-refractivity contribution in [2.45, 2.75) is 27.2 Å². The van der Waals surface area contributed by atoms with Gasteiger partial charge in [-0.25, -0.2) is 0 Å². The quantitative estimate of drug-likeness (QED) is 0.583. The molecule has 5 nitrogen and oxygen atoms in total. The highest BCUT2D eigenvalue weighted by atomic mass is 16.2. The van der Waals surface area contributed by atoms with Gasteiger partial charge >= 0.3 is 0 Å². The molecule has 3 rings (SSSR count). The summed E-state index contributed by atoms with van der Waals surface area (Å²) >= 11 is 0. The Kier molecular flexibility index (Phi) is 5.31. The molecule has 27 heavy (non-hydrogen) atoms. The molecule has 0 aliphatic heterocycles. The highest BCUT2D eigenvalue weighted by Crippen LogP contribution is 2.21. The van der Waals surface area contributed by atoms with Crippen LogP contribution >= 0.6 is 0 Å². The average Bonchev–Trinajstić information content (AvgIpc) is 3.06. The zero-order chi connectivity index (χ0) is 19.4. The van der Waals surface area contributed by atoms with Crippen LogP contribution in [0.3, 0.4) is 0 Å². The molecule has 140 valence electrons. The van der Waals surface area contributed by atoms with Gasteiger partial charge in [0.1, 0.15) is 5.41 Å². The van der Waals surface area contributed by atoms with E-state index in [1.807, 2.05) is 55.6 Å². The number of carbonyl (C=O) groups is 2. The van der Waals surface area contributed by atoms with E-state index in [1.165, 1.54) is 0 Å². The fourth-order valence-electron chi connectivity index (χ4n) is 2.96. The van der Waals surface area contributed by atoms with Crippen molar-refractivity contribution in [3.8, 4) is 0 Å². The second-order valence-corrected chi connectivity index (χ2v) is 7.26. The van der Waals surface area contributed by atoms with Gasteiger partial charge in [0.15, 0.2) is 0 Å². The molecular weight excluding hydrogens is 338 g/mol. The van der Waals surface area contributed by atoms with E-state index in [9.17, 15) is 9.59 Å². The summed E-state index contributed by atoms with van der Waals surface area (Å²) in [6.07, 6.45) is 2.66. The van der Waals surface area contributed by atoms with Crippen LogP contribution in [0.15, 0.2) is 54.7 Å². The number of aromatic nitrogens is 1. The van der Waals surface area contributed by atoms with Crippen molar-refractivity contribution >= 4 is 28.4 Å². The first-order chi connectivity index (χ1) is 12.9. The number of amides is 2. The molecule has 0 atom stereocenters. The monoisotopic (exact) mass is 363 g/mol. The molecular formula is C22H25N3O2. The van der Waals surface area contributed by atoms with Crippen molar-refractivity contribution in [3.63, 3.8) is 0 Å². The van der Waals surface area contributed by atoms with Crippen LogP contribution in [0, 0.1) is 12.3 Å². The Morgan fingerprint density at radius 1 is 1.00 bits per heavy atom. The van der Waals surface area contributed by atoms with E-state index >= 15 is 0 Å². The van der Waals surface area contributed by atoms with Crippen molar-refractivity contribution in [2.75, 3.05) is 11.9 Å². The Balaban J connectivity index is 1.59. The van der Waals surface area contributed by atoms with Crippen LogP contribution in [-0.4, -0.2) is 23.3 Å². The maximum absolute atomic E-state index is 12.6. The molecule has 0 saturated heterocycles. The standard InChI is InChI=1S/C22H25N3O2/c1-15-8-4-6-10-18(15)25-21(27)22(2,3)20(26)23-13-12-16-14-24-19-11-7-5-9-17(16)19/h4-11,14,24H,12-13H2,1-3H3,(H,23,26)(H,25,27). The van der Waals surface area contributed by atoms with Gasteiger partial charge < -0.3 is 15.6 Å². The third-order valence-electron chi connectivity index (χ3n) is 4.88. The molecule has 0 fully saturated rings. The van der Waals surface area contributed by atoms with Gasteiger partial charge in [-0.3, -0.25) is 9.59 Å². The minimum absolute atomic E-state index is 0.284. The van der Waals surface area contributed by atoms with Crippen molar-refractivity contribution < 1.29 is 9.59 Å². The van der Waals surface area contributed by atoms with Crippen LogP contribution < -0.4 is 10.6 Å². The maximum atomic E-state index is 12.6. The molecule has 0 spiro atoms. The van der Waals surface area contributed by atoms with E-state index in [-0.39, 0.29) is 11.8 Å². The highest BCUT2D eigenvalue weighted by molar-refractivity contribution is 6.10. The lowest BCUT2D eigenvalue weighted by molar-refractivity contribution is -0.138. The van der Waals surface area contributed by atoms with Crippen LogP contribution in [-0.2, 0) is 16.0 Å². The van der Waals surface area contributed by atoms with Crippen molar-refractivity contribution in [1.29, 1.82) is 0 Å². The third-order valence-corrected chi connectivity index (χ3v) is 4.88. The van der Waals surface area contributed by atoms with Gasteiger partial charge in [0.05, 0.1) is 0 Å². The van der Waals surface area contributed by atoms with Gasteiger partial charge in [-0.05, 0) is 50.5 Å². The lowest BCUT2D eigenvalue weighted by Crippen LogP contribution is -2.45. The van der Waals surface area contributed by atoms with Crippen LogP contribution in [0.5, 0.6) is 0 Å². The van der Waals surface area contributed by atoms with E-state index in [4.69, 9.17) is 0 Å². The van der Waals surface area contributed by atoms with E-state index < -0.39 is 5.41 Å². The fourth-order valence-corrected chi connectivity index (χ4v) is 2.96. The SMILES string of the molecule is Cc1ccccc1NC(=O)C(C)(C)C(=O)NCCc1c[nH]c2ccccc12. The second kappa shape index (κ2) is 7.66. The summed E-state index contributed by atoms with van der Waals surface area (Å²) in [6, 6.07) is 15.6. The first-order valence-corrected chi connectivity index (χ1v) is 9.10. The molecule has 5 heteroatoms. The third kappa shape index (κ3) is 4.03. The summed E-state index contributed by atoms with van der Waals surface area (Å²) in [6.45, 7) is 5.68. The van der Waals surface area contributed by atoms with Crippen LogP contribution in [0.2, 0.25) is 0 Å². The molecule has 3 N–H and O–H groups in total. The normalized spacial score (nSPS) is 11.4. The Labute approximate surface area is 159 Å². The maximum Gasteiger partial charge on any atom is 0.239 e. The Hall–Kier alpha value is -3.08. The number of benzene rings is 2. The number of para-hydroxylation sites is 2. The molecule has 3 aromatic rings. The molecule has 0 unspecified atom stereocenters. The van der Waals surface area contributed by atoms with E-state index in [0.717, 1.165) is 27.7 Å². The number of carbonyl (C=O) groups excluding carboxylic acids is 2. The summed E-state index contributed by atoms with van der Waals surface area (Å²) in [5, 5.41) is 6.90. The number of H-pyrrole nitrogens is 1. The largest absolute Gasteiger partial charge is 0.361 e. The first kappa shape index (κ1) is 18.7. The average molecular weight is 363 g/mol. The molecule has 0 bridgehead atoms. The van der Waals surface area contributed by atoms with Crippen LogP contribution in [0.1, 0.15) is 25.0 Å². The van der Waals surface area contributed by atoms with Gasteiger partial charge in [-0.15, -0.1) is 0 Å². The van der Waals surface area contributed by atoms with Gasteiger partial charge in [0.2, 0.25) is 11.8 Å². The summed E-state index contributed by atoms with van der Waals surface area (Å²) < 4.78 is 0. The summed E-state index contributed by atoms with van der Waals surface area (Å²) in [4.78, 5) is 28.4. The number of anilines is 1. The molecule has 2 amide bonds. The minimum Gasteiger partial charge on any atom is -0.361 e. The van der Waals surface area contributed by atoms with Gasteiger partial charge in [-0.2, -0.15) is 0 Å². The summed E-state index contributed by atoms with van der Waals surface area (Å²) in [5.41, 5.74) is 2.75. The smallest absolute Gasteiger partial charge is 0.239 e. The van der Waals surface area contributed by atoms with Gasteiger partial charge in [-0.1, -0.05) is 36.4 Å². The zero-order valence-corrected chi connectivity index (χ0v) is 15.9. The lowest BCUT2D eigenvalue weighted by Gasteiger charge is -2.23. The predicted octanol–water partition coefficient (Wildman–Crippen LogP) is 3.80. The minimum atomic E-state index is -1.16. The fraction of sp³-hybridized carbons (Fsp3) is 0.273. The van der Waals surface area contributed by atoms with E-state index in [2.05, 4.69) is 21.7 Å². The Morgan fingerprint density at radius 2 is 1.70 bits per heavy atom. The number of aryl methyl sites for hydroxylation is 1. The number of aromatic amines is 1. The number of nitrogens with one attached hydrogen (secondary N) is 3. The molecule has 1 aromatic heterocycles. The topological polar surface area (TPSA) is 74.0 Å². The van der Waals surface area contributed by atoms with Crippen LogP contribution in [0.4, 0.5) is 5.69 Å². The molecule has 0 aliphatic rings. The number of hydrogen-bond donors (Lipinski definition) is 3. The second-order valence-electron chi connectivity index (χ2n) is 7.26. The van der Waals surface area contributed by atoms with Crippen molar-refractivity contribution in [3.05, 3.63) is 65.9 Å². The lowest BCUT2D eigenvalue weighted by atomic mass is 9.90. The van der Waals surface area contributed by atoms with E-state index in [0.29, 0.717) is 13.0 Å². The number of hydrogen-bond acceptors (Lipinski definition) is 2. The molecule has 0 saturated carbocycles. The van der Waals surface area contributed by atoms with Crippen LogP contribution in [0.25, 0.3) is 10.9 Å². The Bertz CT molecular complexity index is 972. The van der Waals surface area contributed by atoms with Crippen molar-refractivity contribution in [1.82, 2.24) is 10.3 Å². The molecule has 1 heterocycles. The highest BCUT2D eigenvalue weighted by Gasteiger charge is 2.36. The number of fused-ring (bicyclic) bond motifs is 1. The zero-order valence-electron chi connectivity index (χ0n) is 15.9. The molecule has 0 radical (unpaired) electrons. The summed E-state index contributed by atoms with van der Waals surface area (Å²) in [5.74, 6) is -0.602. The first-order valence-electron chi connectivity index (χ1n) is 9.10. The predicted molar refractivity (Wildman–Crippen MR) is 109 cm³/mol. The molecule has 0 aliphatic carbocycles. The number of rotatable bonds is 6. The summed E-state index contributed by atoms with van der Waals surface area (Å²) in [7, 11) is 0. The molecule has 2 aromatic carbocycles. The van der Waals surface area contributed by atoms with Crippen molar-refractivity contribution in [2.24, 2.45) is 5.41 Å². The Morgan fingerprint density at radius 3 is 2.48 bits per heavy atom. The van der Waals surface area contributed by atoms with Gasteiger partial charge in [0.25, 0.3) is 0 Å². The van der Waals surface area contributed by atoms with Gasteiger partial charge in [0, 0.05) is 29.3 Å². The van der Waals surface area contributed by atoms with E-state index in [1.54, 1.807) is 13.8 Å².